The van der Waals surface area contributed by atoms with Crippen LogP contribution in [0.25, 0.3) is 0 Å². The minimum absolute atomic E-state index is 0.239. The van der Waals surface area contributed by atoms with Crippen molar-refractivity contribution in [2.75, 3.05) is 17.3 Å². The maximum atomic E-state index is 5.38. The van der Waals surface area contributed by atoms with Crippen molar-refractivity contribution < 1.29 is 4.74 Å². The lowest BCUT2D eigenvalue weighted by Gasteiger charge is -2.08. The van der Waals surface area contributed by atoms with Gasteiger partial charge in [-0.2, -0.15) is 15.0 Å². The zero-order valence-electron chi connectivity index (χ0n) is 11.2. The Hall–Kier alpha value is -2.48. The highest BCUT2D eigenvalue weighted by molar-refractivity contribution is 5.35. The summed E-state index contributed by atoms with van der Waals surface area (Å²) >= 11 is 0. The normalized spacial score (nSPS) is 10.1. The first kappa shape index (κ1) is 13.9. The van der Waals surface area contributed by atoms with Gasteiger partial charge in [-0.15, -0.1) is 0 Å². The number of nitrogens with two attached hydrogens (primary N) is 1. The van der Waals surface area contributed by atoms with Gasteiger partial charge in [0.15, 0.2) is 0 Å². The predicted molar refractivity (Wildman–Crippen MR) is 75.0 cm³/mol. The monoisotopic (exact) mass is 275 g/mol. The number of rotatable bonds is 7. The number of hydrogen-bond acceptors (Lipinski definition) is 8. The average Bonchev–Trinajstić information content (AvgIpc) is 2.51. The molecule has 20 heavy (non-hydrogen) atoms. The Balaban J connectivity index is 2.06. The fourth-order valence-corrected chi connectivity index (χ4v) is 1.44. The van der Waals surface area contributed by atoms with Crippen LogP contribution in [0.15, 0.2) is 24.5 Å². The van der Waals surface area contributed by atoms with E-state index in [-0.39, 0.29) is 12.0 Å². The van der Waals surface area contributed by atoms with Gasteiger partial charge in [0.25, 0.3) is 0 Å². The quantitative estimate of drug-likeness (QED) is 0.506. The Labute approximate surface area is 116 Å². The summed E-state index contributed by atoms with van der Waals surface area (Å²) in [6.45, 7) is 3.09. The largest absolute Gasteiger partial charge is 0.463 e. The summed E-state index contributed by atoms with van der Waals surface area (Å²) in [7, 11) is 0. The van der Waals surface area contributed by atoms with Crippen LogP contribution in [0.1, 0.15) is 18.9 Å². The van der Waals surface area contributed by atoms with E-state index in [4.69, 9.17) is 10.6 Å². The van der Waals surface area contributed by atoms with Gasteiger partial charge in [0, 0.05) is 18.9 Å². The van der Waals surface area contributed by atoms with Gasteiger partial charge in [-0.05, 0) is 18.1 Å². The van der Waals surface area contributed by atoms with Crippen LogP contribution in [0.5, 0.6) is 6.01 Å². The van der Waals surface area contributed by atoms with E-state index < -0.39 is 0 Å². The molecule has 0 aliphatic heterocycles. The van der Waals surface area contributed by atoms with Gasteiger partial charge in [-0.25, -0.2) is 5.84 Å². The summed E-state index contributed by atoms with van der Waals surface area (Å²) in [5.41, 5.74) is 3.41. The Morgan fingerprint density at radius 3 is 2.80 bits per heavy atom. The number of nitrogens with zero attached hydrogens (tertiary/aromatic N) is 4. The van der Waals surface area contributed by atoms with Crippen LogP contribution in [0.3, 0.4) is 0 Å². The molecule has 0 saturated carbocycles. The van der Waals surface area contributed by atoms with Crippen molar-refractivity contribution in [2.45, 2.75) is 19.9 Å². The molecular formula is C12H17N7O. The van der Waals surface area contributed by atoms with Crippen molar-refractivity contribution in [3.05, 3.63) is 30.1 Å². The van der Waals surface area contributed by atoms with Crippen LogP contribution in [0.4, 0.5) is 11.9 Å². The third kappa shape index (κ3) is 4.02. The number of nitrogen functional groups attached to an aromatic ring is 1. The molecule has 2 heterocycles. The molecule has 0 aliphatic rings. The van der Waals surface area contributed by atoms with E-state index in [2.05, 4.69) is 30.7 Å². The van der Waals surface area contributed by atoms with Crippen LogP contribution in [0.2, 0.25) is 0 Å². The zero-order chi connectivity index (χ0) is 14.2. The third-order valence-corrected chi connectivity index (χ3v) is 2.35. The number of hydrogen-bond donors (Lipinski definition) is 3. The van der Waals surface area contributed by atoms with Crippen molar-refractivity contribution >= 4 is 11.9 Å². The highest BCUT2D eigenvalue weighted by atomic mass is 16.5. The van der Waals surface area contributed by atoms with Gasteiger partial charge in [-0.3, -0.25) is 10.4 Å². The van der Waals surface area contributed by atoms with Crippen molar-refractivity contribution in [1.82, 2.24) is 19.9 Å². The lowest BCUT2D eigenvalue weighted by atomic mass is 10.3. The van der Waals surface area contributed by atoms with Crippen LogP contribution in [-0.4, -0.2) is 26.5 Å². The predicted octanol–water partition coefficient (Wildman–Crippen LogP) is 0.953. The first-order chi connectivity index (χ1) is 9.81. The van der Waals surface area contributed by atoms with E-state index >= 15 is 0 Å². The SMILES string of the molecule is CCCOc1nc(NN)nc(NCc2cccnc2)n1. The molecule has 0 saturated heterocycles. The molecule has 0 fully saturated rings. The van der Waals surface area contributed by atoms with Crippen LogP contribution >= 0.6 is 0 Å². The number of hydrazine groups is 1. The first-order valence-electron chi connectivity index (χ1n) is 6.30. The molecule has 0 atom stereocenters. The van der Waals surface area contributed by atoms with Gasteiger partial charge < -0.3 is 10.1 Å². The minimum Gasteiger partial charge on any atom is -0.463 e. The molecule has 8 nitrogen and oxygen atoms in total. The molecule has 2 aromatic rings. The molecule has 0 spiro atoms. The Morgan fingerprint density at radius 1 is 1.25 bits per heavy atom. The van der Waals surface area contributed by atoms with Crippen LogP contribution in [-0.2, 0) is 6.54 Å². The number of ether oxygens (including phenoxy) is 1. The average molecular weight is 275 g/mol. The lowest BCUT2D eigenvalue weighted by Crippen LogP contribution is -2.14. The summed E-state index contributed by atoms with van der Waals surface area (Å²) in [6.07, 6.45) is 4.36. The van der Waals surface area contributed by atoms with Gasteiger partial charge in [-0.1, -0.05) is 13.0 Å². The van der Waals surface area contributed by atoms with E-state index in [1.54, 1.807) is 12.4 Å². The first-order valence-corrected chi connectivity index (χ1v) is 6.30. The molecule has 0 unspecified atom stereocenters. The molecule has 0 radical (unpaired) electrons. The second-order valence-electron chi connectivity index (χ2n) is 3.97. The smallest absolute Gasteiger partial charge is 0.323 e. The molecule has 2 rings (SSSR count). The minimum atomic E-state index is 0.239. The van der Waals surface area contributed by atoms with E-state index in [9.17, 15) is 0 Å². The van der Waals surface area contributed by atoms with Gasteiger partial charge in [0.2, 0.25) is 11.9 Å². The Kier molecular flexibility index (Phi) is 5.01. The highest BCUT2D eigenvalue weighted by Gasteiger charge is 2.06. The van der Waals surface area contributed by atoms with Gasteiger partial charge >= 0.3 is 6.01 Å². The molecule has 0 aliphatic carbocycles. The maximum absolute atomic E-state index is 5.38. The lowest BCUT2D eigenvalue weighted by molar-refractivity contribution is 0.292. The summed E-state index contributed by atoms with van der Waals surface area (Å²) in [4.78, 5) is 16.3. The van der Waals surface area contributed by atoms with E-state index in [1.807, 2.05) is 19.1 Å². The van der Waals surface area contributed by atoms with Gasteiger partial charge in [0.1, 0.15) is 0 Å². The van der Waals surface area contributed by atoms with Crippen molar-refractivity contribution in [1.29, 1.82) is 0 Å². The molecule has 0 bridgehead atoms. The second-order valence-corrected chi connectivity index (χ2v) is 3.97. The van der Waals surface area contributed by atoms with Crippen LogP contribution < -0.4 is 21.3 Å². The number of nitrogens with one attached hydrogen (secondary N) is 2. The number of aromatic nitrogens is 4. The molecule has 4 N–H and O–H groups in total. The standard InChI is InChI=1S/C12H17N7O/c1-2-6-20-12-17-10(16-11(18-12)19-13)15-8-9-4-3-5-14-7-9/h3-5,7H,2,6,8,13H2,1H3,(H2,15,16,17,18,19). The van der Waals surface area contributed by atoms with E-state index in [0.717, 1.165) is 12.0 Å². The fraction of sp³-hybridized carbons (Fsp3) is 0.333. The summed E-state index contributed by atoms with van der Waals surface area (Å²) in [5.74, 6) is 5.97. The fourth-order valence-electron chi connectivity index (χ4n) is 1.44. The summed E-state index contributed by atoms with van der Waals surface area (Å²) < 4.78 is 5.38. The summed E-state index contributed by atoms with van der Waals surface area (Å²) in [5, 5.41) is 3.07. The molecular weight excluding hydrogens is 258 g/mol. The molecule has 2 aromatic heterocycles. The highest BCUT2D eigenvalue weighted by Crippen LogP contribution is 2.11. The number of pyridine rings is 1. The topological polar surface area (TPSA) is 111 Å². The summed E-state index contributed by atoms with van der Waals surface area (Å²) in [6, 6.07) is 4.06. The van der Waals surface area contributed by atoms with Crippen molar-refractivity contribution in [3.63, 3.8) is 0 Å². The molecule has 8 heteroatoms. The van der Waals surface area contributed by atoms with E-state index in [0.29, 0.717) is 19.1 Å². The second kappa shape index (κ2) is 7.19. The Morgan fingerprint density at radius 2 is 2.10 bits per heavy atom. The van der Waals surface area contributed by atoms with Crippen LogP contribution in [0, 0.1) is 0 Å². The zero-order valence-corrected chi connectivity index (χ0v) is 11.2. The number of anilines is 2. The molecule has 0 aromatic carbocycles. The maximum Gasteiger partial charge on any atom is 0.323 e. The third-order valence-electron chi connectivity index (χ3n) is 2.35. The Bertz CT molecular complexity index is 535. The van der Waals surface area contributed by atoms with E-state index in [1.165, 1.54) is 0 Å². The van der Waals surface area contributed by atoms with Crippen molar-refractivity contribution in [2.24, 2.45) is 5.84 Å². The molecule has 106 valence electrons. The van der Waals surface area contributed by atoms with Crippen molar-refractivity contribution in [3.8, 4) is 6.01 Å². The van der Waals surface area contributed by atoms with Gasteiger partial charge in [0.05, 0.1) is 6.61 Å². The molecule has 0 amide bonds.